The first-order valence-corrected chi connectivity index (χ1v) is 8.02. The van der Waals surface area contributed by atoms with Gasteiger partial charge in [-0.05, 0) is 17.2 Å². The summed E-state index contributed by atoms with van der Waals surface area (Å²) in [5.41, 5.74) is 9.47. The van der Waals surface area contributed by atoms with E-state index in [-0.39, 0.29) is 5.95 Å². The maximum atomic E-state index is 5.80. The summed E-state index contributed by atoms with van der Waals surface area (Å²) in [7, 11) is 0. The maximum Gasteiger partial charge on any atom is 0.220 e. The van der Waals surface area contributed by atoms with E-state index in [9.17, 15) is 0 Å². The number of rotatable bonds is 6. The van der Waals surface area contributed by atoms with Crippen molar-refractivity contribution in [1.29, 1.82) is 0 Å². The first-order chi connectivity index (χ1) is 12.3. The second-order valence-corrected chi connectivity index (χ2v) is 5.47. The molecule has 0 unspecified atom stereocenters. The molecule has 124 valence electrons. The number of benzene rings is 2. The van der Waals surface area contributed by atoms with Crippen LogP contribution in [0.15, 0.2) is 76.7 Å². The number of aromatic nitrogens is 2. The molecule has 0 spiro atoms. The monoisotopic (exact) mass is 329 g/mol. The normalized spacial score (nSPS) is 11.4. The number of nitrogens with zero attached hydrogens (tertiary/aromatic N) is 4. The lowest BCUT2D eigenvalue weighted by Crippen LogP contribution is -2.02. The molecule has 0 bridgehead atoms. The highest BCUT2D eigenvalue weighted by molar-refractivity contribution is 5.79. The SMILES string of the molecule is Nc1nc(CN=Cc2ccccc2)cc(CN=Cc2ccccc2)n1. The Labute approximate surface area is 147 Å². The van der Waals surface area contributed by atoms with Crippen molar-refractivity contribution in [3.05, 3.63) is 89.2 Å². The molecule has 2 N–H and O–H groups in total. The van der Waals surface area contributed by atoms with Crippen molar-refractivity contribution in [2.45, 2.75) is 13.1 Å². The summed E-state index contributed by atoms with van der Waals surface area (Å²) in [4.78, 5) is 17.3. The van der Waals surface area contributed by atoms with E-state index >= 15 is 0 Å². The molecule has 2 aromatic carbocycles. The standard InChI is InChI=1S/C20H19N5/c21-20-24-18(14-22-12-16-7-3-1-4-8-16)11-19(25-20)15-23-13-17-9-5-2-6-10-17/h1-13H,14-15H2,(H2,21,24,25). The van der Waals surface area contributed by atoms with Gasteiger partial charge in [0.2, 0.25) is 5.95 Å². The van der Waals surface area contributed by atoms with Crippen LogP contribution >= 0.6 is 0 Å². The van der Waals surface area contributed by atoms with E-state index < -0.39 is 0 Å². The van der Waals surface area contributed by atoms with Gasteiger partial charge in [0.25, 0.3) is 0 Å². The molecule has 5 nitrogen and oxygen atoms in total. The van der Waals surface area contributed by atoms with Crippen molar-refractivity contribution in [3.8, 4) is 0 Å². The molecule has 0 amide bonds. The lowest BCUT2D eigenvalue weighted by Gasteiger charge is -2.02. The lowest BCUT2D eigenvalue weighted by molar-refractivity contribution is 0.918. The minimum Gasteiger partial charge on any atom is -0.368 e. The van der Waals surface area contributed by atoms with Crippen molar-refractivity contribution < 1.29 is 0 Å². The highest BCUT2D eigenvalue weighted by Crippen LogP contribution is 2.06. The van der Waals surface area contributed by atoms with Crippen molar-refractivity contribution in [1.82, 2.24) is 9.97 Å². The van der Waals surface area contributed by atoms with Gasteiger partial charge in [-0.2, -0.15) is 0 Å². The van der Waals surface area contributed by atoms with E-state index in [1.54, 1.807) is 0 Å². The third-order valence-corrected chi connectivity index (χ3v) is 3.44. The van der Waals surface area contributed by atoms with Crippen LogP contribution in [0.3, 0.4) is 0 Å². The van der Waals surface area contributed by atoms with Crippen LogP contribution in [0.2, 0.25) is 0 Å². The van der Waals surface area contributed by atoms with Crippen LogP contribution in [0.1, 0.15) is 22.5 Å². The number of hydrogen-bond acceptors (Lipinski definition) is 5. The summed E-state index contributed by atoms with van der Waals surface area (Å²) in [6.45, 7) is 0.911. The molecule has 1 heterocycles. The zero-order chi connectivity index (χ0) is 17.3. The Morgan fingerprint density at radius 1 is 0.720 bits per heavy atom. The first kappa shape index (κ1) is 16.5. The molecule has 0 fully saturated rings. The summed E-state index contributed by atoms with van der Waals surface area (Å²) in [6.07, 6.45) is 3.65. The van der Waals surface area contributed by atoms with E-state index in [2.05, 4.69) is 20.0 Å². The summed E-state index contributed by atoms with van der Waals surface area (Å²) in [5, 5.41) is 0. The van der Waals surface area contributed by atoms with Crippen LogP contribution in [0, 0.1) is 0 Å². The summed E-state index contributed by atoms with van der Waals surface area (Å²) < 4.78 is 0. The summed E-state index contributed by atoms with van der Waals surface area (Å²) in [6, 6.07) is 21.8. The second-order valence-electron chi connectivity index (χ2n) is 5.47. The van der Waals surface area contributed by atoms with Gasteiger partial charge in [-0.1, -0.05) is 60.7 Å². The van der Waals surface area contributed by atoms with Gasteiger partial charge in [-0.15, -0.1) is 0 Å². The van der Waals surface area contributed by atoms with Crippen LogP contribution < -0.4 is 5.73 Å². The Kier molecular flexibility index (Phi) is 5.61. The van der Waals surface area contributed by atoms with Gasteiger partial charge >= 0.3 is 0 Å². The van der Waals surface area contributed by atoms with Crippen molar-refractivity contribution in [2.24, 2.45) is 9.98 Å². The quantitative estimate of drug-likeness (QED) is 0.705. The van der Waals surface area contributed by atoms with Gasteiger partial charge in [0.15, 0.2) is 0 Å². The summed E-state index contributed by atoms with van der Waals surface area (Å²) in [5.74, 6) is 0.248. The Morgan fingerprint density at radius 3 is 1.60 bits per heavy atom. The van der Waals surface area contributed by atoms with Gasteiger partial charge in [0.1, 0.15) is 0 Å². The molecule has 1 aromatic heterocycles. The van der Waals surface area contributed by atoms with Gasteiger partial charge in [-0.3, -0.25) is 9.98 Å². The van der Waals surface area contributed by atoms with E-state index in [1.165, 1.54) is 0 Å². The molecule has 0 saturated heterocycles. The first-order valence-electron chi connectivity index (χ1n) is 8.02. The smallest absolute Gasteiger partial charge is 0.220 e. The van der Waals surface area contributed by atoms with Crippen LogP contribution in [0.4, 0.5) is 5.95 Å². The molecule has 0 atom stereocenters. The number of hydrogen-bond donors (Lipinski definition) is 1. The van der Waals surface area contributed by atoms with E-state index in [0.29, 0.717) is 13.1 Å². The average Bonchev–Trinajstić information content (AvgIpc) is 2.63. The summed E-state index contributed by atoms with van der Waals surface area (Å²) >= 11 is 0. The minimum atomic E-state index is 0.248. The van der Waals surface area contributed by atoms with Crippen molar-refractivity contribution >= 4 is 18.4 Å². The molecule has 3 rings (SSSR count). The molecule has 0 aliphatic rings. The van der Waals surface area contributed by atoms with Crippen LogP contribution in [0.5, 0.6) is 0 Å². The molecule has 0 aliphatic carbocycles. The fourth-order valence-electron chi connectivity index (χ4n) is 2.31. The highest BCUT2D eigenvalue weighted by atomic mass is 15.0. The zero-order valence-corrected chi connectivity index (χ0v) is 13.8. The van der Waals surface area contributed by atoms with Crippen molar-refractivity contribution in [2.75, 3.05) is 5.73 Å². The molecule has 0 aliphatic heterocycles. The van der Waals surface area contributed by atoms with Gasteiger partial charge < -0.3 is 5.73 Å². The second kappa shape index (κ2) is 8.49. The van der Waals surface area contributed by atoms with Crippen molar-refractivity contribution in [3.63, 3.8) is 0 Å². The number of aliphatic imine (C=N–C) groups is 2. The molecule has 0 radical (unpaired) electrons. The largest absolute Gasteiger partial charge is 0.368 e. The third-order valence-electron chi connectivity index (χ3n) is 3.44. The molecule has 5 heteroatoms. The average molecular weight is 329 g/mol. The van der Waals surface area contributed by atoms with E-state index in [0.717, 1.165) is 22.5 Å². The topological polar surface area (TPSA) is 76.5 Å². The molecular formula is C20H19N5. The number of anilines is 1. The van der Waals surface area contributed by atoms with Crippen LogP contribution in [-0.4, -0.2) is 22.4 Å². The lowest BCUT2D eigenvalue weighted by atomic mass is 10.2. The predicted molar refractivity (Wildman–Crippen MR) is 102 cm³/mol. The Bertz CT molecular complexity index is 788. The fourth-order valence-corrected chi connectivity index (χ4v) is 2.31. The number of nitrogen functional groups attached to an aromatic ring is 1. The molecule has 0 saturated carbocycles. The van der Waals surface area contributed by atoms with E-state index in [4.69, 9.17) is 5.73 Å². The van der Waals surface area contributed by atoms with Crippen LogP contribution in [0.25, 0.3) is 0 Å². The van der Waals surface area contributed by atoms with Gasteiger partial charge in [0.05, 0.1) is 24.5 Å². The van der Waals surface area contributed by atoms with E-state index in [1.807, 2.05) is 79.2 Å². The van der Waals surface area contributed by atoms with Crippen LogP contribution in [-0.2, 0) is 13.1 Å². The zero-order valence-electron chi connectivity index (χ0n) is 13.8. The highest BCUT2D eigenvalue weighted by Gasteiger charge is 2.01. The third kappa shape index (κ3) is 5.35. The Hall–Kier alpha value is -3.34. The Morgan fingerprint density at radius 2 is 1.16 bits per heavy atom. The fraction of sp³-hybridized carbons (Fsp3) is 0.100. The Balaban J connectivity index is 1.64. The number of nitrogens with two attached hydrogens (primary N) is 1. The minimum absolute atomic E-state index is 0.248. The molecule has 3 aromatic rings. The maximum absolute atomic E-state index is 5.80. The molecule has 25 heavy (non-hydrogen) atoms. The molecular weight excluding hydrogens is 310 g/mol. The predicted octanol–water partition coefficient (Wildman–Crippen LogP) is 3.30. The van der Waals surface area contributed by atoms with Gasteiger partial charge in [0, 0.05) is 12.4 Å². The van der Waals surface area contributed by atoms with Gasteiger partial charge in [-0.25, -0.2) is 9.97 Å².